The highest BCUT2D eigenvalue weighted by molar-refractivity contribution is 8.00. The Morgan fingerprint density at radius 1 is 0.784 bits per heavy atom. The number of amides is 2. The van der Waals surface area contributed by atoms with E-state index in [9.17, 15) is 9.59 Å². The van der Waals surface area contributed by atoms with Crippen LogP contribution < -0.4 is 10.2 Å². The van der Waals surface area contributed by atoms with Gasteiger partial charge in [0.2, 0.25) is 11.8 Å². The van der Waals surface area contributed by atoms with Crippen molar-refractivity contribution in [2.75, 3.05) is 47.9 Å². The lowest BCUT2D eigenvalue weighted by atomic mass is 10.0. The summed E-state index contributed by atoms with van der Waals surface area (Å²) in [4.78, 5) is 33.8. The molecular formula is C29H28N4O2S2. The first kappa shape index (κ1) is 25.0. The van der Waals surface area contributed by atoms with Gasteiger partial charge in [-0.2, -0.15) is 0 Å². The summed E-state index contributed by atoms with van der Waals surface area (Å²) in [5.41, 5.74) is 5.35. The monoisotopic (exact) mass is 528 g/mol. The van der Waals surface area contributed by atoms with Gasteiger partial charge < -0.3 is 15.1 Å². The Kier molecular flexibility index (Phi) is 8.18. The zero-order valence-corrected chi connectivity index (χ0v) is 22.0. The van der Waals surface area contributed by atoms with Crippen LogP contribution in [0.3, 0.4) is 0 Å². The standard InChI is InChI=1S/C29H28N4O2S2/c34-27(20-36-21-28(35)33-17-15-32(16-18-33)25-9-5-2-6-10-25)31-29-30-26(19-37-29)24-13-11-23(12-14-24)22-7-3-1-4-8-22/h1-14,19H,15-18,20-21H2,(H,30,31,34). The van der Waals surface area contributed by atoms with E-state index in [0.717, 1.165) is 29.9 Å². The molecule has 4 aromatic rings. The molecule has 0 radical (unpaired) electrons. The molecule has 37 heavy (non-hydrogen) atoms. The van der Waals surface area contributed by atoms with Crippen LogP contribution in [0.1, 0.15) is 0 Å². The van der Waals surface area contributed by atoms with Crippen LogP contribution in [-0.2, 0) is 9.59 Å². The zero-order valence-electron chi connectivity index (χ0n) is 20.4. The Morgan fingerprint density at radius 2 is 1.41 bits per heavy atom. The van der Waals surface area contributed by atoms with Gasteiger partial charge >= 0.3 is 0 Å². The lowest BCUT2D eigenvalue weighted by molar-refractivity contribution is -0.128. The molecule has 1 aliphatic rings. The number of thioether (sulfide) groups is 1. The predicted molar refractivity (Wildman–Crippen MR) is 154 cm³/mol. The van der Waals surface area contributed by atoms with Crippen molar-refractivity contribution in [1.29, 1.82) is 0 Å². The van der Waals surface area contributed by atoms with Crippen molar-refractivity contribution in [1.82, 2.24) is 9.88 Å². The average Bonchev–Trinajstić information content (AvgIpc) is 3.42. The number of nitrogens with one attached hydrogen (secondary N) is 1. The zero-order chi connectivity index (χ0) is 25.5. The smallest absolute Gasteiger partial charge is 0.236 e. The first-order valence-electron chi connectivity index (χ1n) is 12.2. The summed E-state index contributed by atoms with van der Waals surface area (Å²) < 4.78 is 0. The van der Waals surface area contributed by atoms with Gasteiger partial charge in [0.1, 0.15) is 0 Å². The fraction of sp³-hybridized carbons (Fsp3) is 0.207. The van der Waals surface area contributed by atoms with Gasteiger partial charge in [0.05, 0.1) is 17.2 Å². The minimum absolute atomic E-state index is 0.0843. The van der Waals surface area contributed by atoms with E-state index in [1.807, 2.05) is 58.8 Å². The van der Waals surface area contributed by atoms with Crippen LogP contribution in [0.2, 0.25) is 0 Å². The number of piperazine rings is 1. The van der Waals surface area contributed by atoms with Gasteiger partial charge in [-0.25, -0.2) is 4.98 Å². The number of hydrogen-bond donors (Lipinski definition) is 1. The van der Waals surface area contributed by atoms with Gasteiger partial charge in [-0.05, 0) is 23.3 Å². The van der Waals surface area contributed by atoms with Crippen molar-refractivity contribution in [3.63, 3.8) is 0 Å². The molecule has 8 heteroatoms. The predicted octanol–water partition coefficient (Wildman–Crippen LogP) is 5.50. The summed E-state index contributed by atoms with van der Waals surface area (Å²) in [5.74, 6) is 0.458. The van der Waals surface area contributed by atoms with E-state index in [2.05, 4.69) is 51.6 Å². The van der Waals surface area contributed by atoms with E-state index >= 15 is 0 Å². The minimum Gasteiger partial charge on any atom is -0.368 e. The molecule has 188 valence electrons. The number of thiazole rings is 1. The fourth-order valence-electron chi connectivity index (χ4n) is 4.26. The van der Waals surface area contributed by atoms with Gasteiger partial charge in [-0.15, -0.1) is 23.1 Å². The lowest BCUT2D eigenvalue weighted by Crippen LogP contribution is -2.49. The number of nitrogens with zero attached hydrogens (tertiary/aromatic N) is 3. The number of hydrogen-bond acceptors (Lipinski definition) is 6. The third kappa shape index (κ3) is 6.58. The van der Waals surface area contributed by atoms with Crippen molar-refractivity contribution in [3.05, 3.63) is 90.3 Å². The van der Waals surface area contributed by atoms with Gasteiger partial charge in [0.15, 0.2) is 5.13 Å². The van der Waals surface area contributed by atoms with Crippen LogP contribution in [-0.4, -0.2) is 59.4 Å². The molecule has 2 heterocycles. The topological polar surface area (TPSA) is 65.5 Å². The highest BCUT2D eigenvalue weighted by Gasteiger charge is 2.21. The Morgan fingerprint density at radius 3 is 2.11 bits per heavy atom. The molecule has 0 unspecified atom stereocenters. The Labute approximate surface area is 225 Å². The number of benzene rings is 3. The summed E-state index contributed by atoms with van der Waals surface area (Å²) >= 11 is 2.74. The Balaban J connectivity index is 1.05. The van der Waals surface area contributed by atoms with Crippen LogP contribution >= 0.6 is 23.1 Å². The van der Waals surface area contributed by atoms with E-state index in [0.29, 0.717) is 24.0 Å². The van der Waals surface area contributed by atoms with Gasteiger partial charge in [-0.1, -0.05) is 72.8 Å². The van der Waals surface area contributed by atoms with Crippen LogP contribution in [0, 0.1) is 0 Å². The number of anilines is 2. The molecule has 1 N–H and O–H groups in total. The summed E-state index contributed by atoms with van der Waals surface area (Å²) in [6.45, 7) is 3.05. The van der Waals surface area contributed by atoms with E-state index in [4.69, 9.17) is 0 Å². The molecule has 5 rings (SSSR count). The molecule has 0 spiro atoms. The first-order chi connectivity index (χ1) is 18.2. The van der Waals surface area contributed by atoms with Gasteiger partial charge in [0.25, 0.3) is 0 Å². The van der Waals surface area contributed by atoms with Crippen LogP contribution in [0.15, 0.2) is 90.3 Å². The Hall–Kier alpha value is -3.62. The molecule has 0 aliphatic carbocycles. The van der Waals surface area contributed by atoms with Gasteiger partial charge in [0, 0.05) is 42.8 Å². The third-order valence-corrected chi connectivity index (χ3v) is 7.93. The summed E-state index contributed by atoms with van der Waals surface area (Å²) in [6.07, 6.45) is 0. The normalized spacial score (nSPS) is 13.4. The maximum atomic E-state index is 12.6. The molecule has 0 atom stereocenters. The van der Waals surface area contributed by atoms with Crippen molar-refractivity contribution in [2.24, 2.45) is 0 Å². The highest BCUT2D eigenvalue weighted by atomic mass is 32.2. The minimum atomic E-state index is -0.146. The third-order valence-electron chi connectivity index (χ3n) is 6.25. The average molecular weight is 529 g/mol. The van der Waals surface area contributed by atoms with E-state index < -0.39 is 0 Å². The second kappa shape index (κ2) is 12.1. The number of carbonyl (C=O) groups excluding carboxylic acids is 2. The van der Waals surface area contributed by atoms with E-state index in [1.54, 1.807) is 0 Å². The molecule has 3 aromatic carbocycles. The molecule has 1 aliphatic heterocycles. The number of para-hydroxylation sites is 1. The molecule has 1 fully saturated rings. The molecule has 1 saturated heterocycles. The maximum absolute atomic E-state index is 12.6. The summed E-state index contributed by atoms with van der Waals surface area (Å²) in [5, 5.41) is 5.37. The second-order valence-corrected chi connectivity index (χ2v) is 10.6. The molecular weight excluding hydrogens is 500 g/mol. The number of carbonyl (C=O) groups is 2. The van der Waals surface area contributed by atoms with E-state index in [1.165, 1.54) is 34.3 Å². The van der Waals surface area contributed by atoms with Crippen molar-refractivity contribution in [2.45, 2.75) is 0 Å². The Bertz CT molecular complexity index is 1320. The van der Waals surface area contributed by atoms with E-state index in [-0.39, 0.29) is 17.6 Å². The second-order valence-electron chi connectivity index (χ2n) is 8.73. The highest BCUT2D eigenvalue weighted by Crippen LogP contribution is 2.27. The van der Waals surface area contributed by atoms with Crippen molar-refractivity contribution in [3.8, 4) is 22.4 Å². The lowest BCUT2D eigenvalue weighted by Gasteiger charge is -2.36. The van der Waals surface area contributed by atoms with Crippen LogP contribution in [0.4, 0.5) is 10.8 Å². The quantitative estimate of drug-likeness (QED) is 0.327. The molecule has 6 nitrogen and oxygen atoms in total. The van der Waals surface area contributed by atoms with Crippen LogP contribution in [0.25, 0.3) is 22.4 Å². The molecule has 1 aromatic heterocycles. The summed E-state index contributed by atoms with van der Waals surface area (Å²) in [6, 6.07) is 28.8. The molecule has 0 saturated carbocycles. The van der Waals surface area contributed by atoms with Crippen LogP contribution in [0.5, 0.6) is 0 Å². The SMILES string of the molecule is O=C(CSCC(=O)N1CCN(c2ccccc2)CC1)Nc1nc(-c2ccc(-c3ccccc3)cc2)cs1. The first-order valence-corrected chi connectivity index (χ1v) is 14.3. The van der Waals surface area contributed by atoms with Crippen molar-refractivity contribution < 1.29 is 9.59 Å². The fourth-order valence-corrected chi connectivity index (χ4v) is 5.71. The maximum Gasteiger partial charge on any atom is 0.236 e. The summed E-state index contributed by atoms with van der Waals surface area (Å²) in [7, 11) is 0. The largest absolute Gasteiger partial charge is 0.368 e. The molecule has 2 amide bonds. The molecule has 0 bridgehead atoms. The van der Waals surface area contributed by atoms with Crippen molar-refractivity contribution >= 4 is 45.7 Å². The van der Waals surface area contributed by atoms with Gasteiger partial charge in [-0.3, -0.25) is 9.59 Å². The number of rotatable bonds is 8. The number of aromatic nitrogens is 1.